The van der Waals surface area contributed by atoms with E-state index in [-0.39, 0.29) is 43.8 Å². The van der Waals surface area contributed by atoms with E-state index in [2.05, 4.69) is 21.2 Å². The summed E-state index contributed by atoms with van der Waals surface area (Å²) in [6.45, 7) is 6.49. The summed E-state index contributed by atoms with van der Waals surface area (Å²) in [6, 6.07) is 23.5. The molecule has 3 aromatic rings. The van der Waals surface area contributed by atoms with Gasteiger partial charge in [-0.05, 0) is 62.1 Å². The van der Waals surface area contributed by atoms with Crippen molar-refractivity contribution in [2.24, 2.45) is 0 Å². The molecule has 10 heteroatoms. The Bertz CT molecular complexity index is 1430. The molecule has 0 radical (unpaired) electrons. The van der Waals surface area contributed by atoms with Crippen LogP contribution in [0.15, 0.2) is 83.3 Å². The maximum atomic E-state index is 14.0. The minimum absolute atomic E-state index is 0.0517. The Balaban J connectivity index is 1.90. The molecule has 2 atom stereocenters. The topological polar surface area (TPSA) is 96.0 Å². The maximum absolute atomic E-state index is 14.0. The van der Waals surface area contributed by atoms with E-state index in [1.165, 1.54) is 4.31 Å². The number of carbonyl (C=O) groups is 2. The highest BCUT2D eigenvalue weighted by Gasteiger charge is 2.31. The standard InChI is InChI=1S/C33H42BrN3O5S/c1-5-25(3)35-33(39)30(23-26-13-8-7-9-14-26)36(24-27-18-20-28(34)21-19-27)32(38)17-12-22-37(43(4,40)41)29-15-10-11-16-31(29)42-6-2/h7-11,13-16,18-21,25,30H,5-6,12,17,22-24H2,1-4H3,(H,35,39)/t25-,30-/m1/s1. The number of anilines is 1. The number of nitrogens with zero attached hydrogens (tertiary/aromatic N) is 2. The van der Waals surface area contributed by atoms with E-state index >= 15 is 0 Å². The predicted molar refractivity (Wildman–Crippen MR) is 176 cm³/mol. The molecule has 0 aliphatic rings. The molecule has 0 fully saturated rings. The van der Waals surface area contributed by atoms with E-state index in [4.69, 9.17) is 4.74 Å². The lowest BCUT2D eigenvalue weighted by Crippen LogP contribution is -2.52. The van der Waals surface area contributed by atoms with E-state index in [1.54, 1.807) is 29.2 Å². The third kappa shape index (κ3) is 10.4. The number of nitrogens with one attached hydrogen (secondary N) is 1. The Kier molecular flexibility index (Phi) is 13.1. The van der Waals surface area contributed by atoms with Gasteiger partial charge in [0.15, 0.2) is 0 Å². The second kappa shape index (κ2) is 16.5. The second-order valence-corrected chi connectivity index (χ2v) is 13.3. The average molecular weight is 673 g/mol. The summed E-state index contributed by atoms with van der Waals surface area (Å²) in [5.74, 6) is 0.0185. The van der Waals surface area contributed by atoms with E-state index in [0.717, 1.165) is 28.3 Å². The molecule has 0 bridgehead atoms. The van der Waals surface area contributed by atoms with E-state index in [9.17, 15) is 18.0 Å². The molecule has 0 aliphatic carbocycles. The molecule has 2 amide bonds. The van der Waals surface area contributed by atoms with Crippen LogP contribution < -0.4 is 14.4 Å². The first-order valence-corrected chi connectivity index (χ1v) is 17.2. The molecule has 8 nitrogen and oxygen atoms in total. The zero-order valence-electron chi connectivity index (χ0n) is 25.3. The van der Waals surface area contributed by atoms with Crippen molar-refractivity contribution in [3.63, 3.8) is 0 Å². The number of hydrogen-bond donors (Lipinski definition) is 1. The Morgan fingerprint density at radius 2 is 1.58 bits per heavy atom. The molecule has 0 heterocycles. The number of amides is 2. The molecular formula is C33H42BrN3O5S. The fourth-order valence-corrected chi connectivity index (χ4v) is 5.94. The first-order chi connectivity index (χ1) is 20.5. The van der Waals surface area contributed by atoms with Gasteiger partial charge in [-0.25, -0.2) is 8.42 Å². The lowest BCUT2D eigenvalue weighted by molar-refractivity contribution is -0.141. The summed E-state index contributed by atoms with van der Waals surface area (Å²) in [4.78, 5) is 29.3. The van der Waals surface area contributed by atoms with Crippen molar-refractivity contribution in [2.45, 2.75) is 65.1 Å². The largest absolute Gasteiger partial charge is 0.492 e. The third-order valence-electron chi connectivity index (χ3n) is 7.12. The van der Waals surface area contributed by atoms with Gasteiger partial charge in [0.1, 0.15) is 11.8 Å². The number of rotatable bonds is 16. The fourth-order valence-electron chi connectivity index (χ4n) is 4.70. The summed E-state index contributed by atoms with van der Waals surface area (Å²) in [5, 5.41) is 3.07. The van der Waals surface area contributed by atoms with Crippen molar-refractivity contribution in [1.82, 2.24) is 10.2 Å². The molecule has 0 saturated heterocycles. The minimum Gasteiger partial charge on any atom is -0.492 e. The maximum Gasteiger partial charge on any atom is 0.243 e. The van der Waals surface area contributed by atoms with Gasteiger partial charge in [0.05, 0.1) is 18.6 Å². The molecule has 232 valence electrons. The molecule has 3 rings (SSSR count). The smallest absolute Gasteiger partial charge is 0.243 e. The van der Waals surface area contributed by atoms with Crippen LogP contribution in [0.1, 0.15) is 51.2 Å². The van der Waals surface area contributed by atoms with Crippen LogP contribution in [0.2, 0.25) is 0 Å². The highest BCUT2D eigenvalue weighted by atomic mass is 79.9. The van der Waals surface area contributed by atoms with Crippen molar-refractivity contribution in [3.05, 3.63) is 94.5 Å². The van der Waals surface area contributed by atoms with Gasteiger partial charge >= 0.3 is 0 Å². The molecule has 1 N–H and O–H groups in total. The summed E-state index contributed by atoms with van der Waals surface area (Å²) < 4.78 is 33.5. The fraction of sp³-hybridized carbons (Fsp3) is 0.394. The van der Waals surface area contributed by atoms with Crippen molar-refractivity contribution in [2.75, 3.05) is 23.7 Å². The van der Waals surface area contributed by atoms with Gasteiger partial charge in [0, 0.05) is 36.4 Å². The lowest BCUT2D eigenvalue weighted by Gasteiger charge is -2.33. The quantitative estimate of drug-likeness (QED) is 0.203. The Hall–Kier alpha value is -3.37. The summed E-state index contributed by atoms with van der Waals surface area (Å²) >= 11 is 3.46. The number of ether oxygens (including phenoxy) is 1. The number of halogens is 1. The Labute approximate surface area is 264 Å². The third-order valence-corrected chi connectivity index (χ3v) is 8.83. The molecule has 43 heavy (non-hydrogen) atoms. The summed E-state index contributed by atoms with van der Waals surface area (Å²) in [6.07, 6.45) is 2.57. The van der Waals surface area contributed by atoms with Crippen molar-refractivity contribution in [3.8, 4) is 5.75 Å². The van der Waals surface area contributed by atoms with Crippen LogP contribution in [0.4, 0.5) is 5.69 Å². The van der Waals surface area contributed by atoms with Gasteiger partial charge in [-0.1, -0.05) is 77.5 Å². The number of sulfonamides is 1. The van der Waals surface area contributed by atoms with Gasteiger partial charge in [-0.2, -0.15) is 0 Å². The van der Waals surface area contributed by atoms with Crippen LogP contribution in [-0.4, -0.2) is 56.6 Å². The second-order valence-electron chi connectivity index (χ2n) is 10.5. The van der Waals surface area contributed by atoms with Crippen LogP contribution in [-0.2, 0) is 32.6 Å². The first-order valence-electron chi connectivity index (χ1n) is 14.6. The lowest BCUT2D eigenvalue weighted by atomic mass is 10.0. The highest BCUT2D eigenvalue weighted by Crippen LogP contribution is 2.30. The predicted octanol–water partition coefficient (Wildman–Crippen LogP) is 5.95. The molecule has 0 aromatic heterocycles. The Morgan fingerprint density at radius 3 is 2.21 bits per heavy atom. The van der Waals surface area contributed by atoms with Crippen LogP contribution in [0, 0.1) is 0 Å². The van der Waals surface area contributed by atoms with Crippen molar-refractivity contribution >= 4 is 43.5 Å². The van der Waals surface area contributed by atoms with Gasteiger partial charge < -0.3 is 15.0 Å². The highest BCUT2D eigenvalue weighted by molar-refractivity contribution is 9.10. The number of hydrogen-bond acceptors (Lipinski definition) is 5. The molecule has 0 unspecified atom stereocenters. The molecule has 0 spiro atoms. The Morgan fingerprint density at radius 1 is 0.930 bits per heavy atom. The van der Waals surface area contributed by atoms with E-state index in [1.807, 2.05) is 75.4 Å². The van der Waals surface area contributed by atoms with Gasteiger partial charge in [-0.3, -0.25) is 13.9 Å². The van der Waals surface area contributed by atoms with Gasteiger partial charge in [-0.15, -0.1) is 0 Å². The van der Waals surface area contributed by atoms with E-state index < -0.39 is 16.1 Å². The normalized spacial score (nSPS) is 12.7. The minimum atomic E-state index is -3.66. The molecule has 0 saturated carbocycles. The zero-order chi connectivity index (χ0) is 31.4. The van der Waals surface area contributed by atoms with Crippen LogP contribution in [0.5, 0.6) is 5.75 Å². The SMILES string of the molecule is CCOc1ccccc1N(CCCC(=O)N(Cc1ccc(Br)cc1)[C@H](Cc1ccccc1)C(=O)N[C@H](C)CC)S(C)(=O)=O. The van der Waals surface area contributed by atoms with Gasteiger partial charge in [0.2, 0.25) is 21.8 Å². The summed E-state index contributed by atoms with van der Waals surface area (Å²) in [5.41, 5.74) is 2.26. The monoisotopic (exact) mass is 671 g/mol. The molecule has 0 aliphatic heterocycles. The number of benzene rings is 3. The van der Waals surface area contributed by atoms with Crippen molar-refractivity contribution < 1.29 is 22.7 Å². The zero-order valence-corrected chi connectivity index (χ0v) is 27.7. The first kappa shape index (κ1) is 34.1. The van der Waals surface area contributed by atoms with Crippen LogP contribution >= 0.6 is 15.9 Å². The number of carbonyl (C=O) groups excluding carboxylic acids is 2. The van der Waals surface area contributed by atoms with Crippen LogP contribution in [0.25, 0.3) is 0 Å². The molecule has 3 aromatic carbocycles. The van der Waals surface area contributed by atoms with Crippen molar-refractivity contribution in [1.29, 1.82) is 0 Å². The van der Waals surface area contributed by atoms with Crippen LogP contribution in [0.3, 0.4) is 0 Å². The van der Waals surface area contributed by atoms with E-state index in [0.29, 0.717) is 24.5 Å². The van der Waals surface area contributed by atoms with Gasteiger partial charge in [0.25, 0.3) is 0 Å². The number of para-hydroxylation sites is 2. The average Bonchev–Trinajstić information content (AvgIpc) is 2.98. The molecular weight excluding hydrogens is 630 g/mol. The summed E-state index contributed by atoms with van der Waals surface area (Å²) in [7, 11) is -3.66.